The second-order valence-corrected chi connectivity index (χ2v) is 6.36. The molecular weight excluding hydrogens is 352 g/mol. The molecule has 3 rings (SSSR count). The van der Waals surface area contributed by atoms with Crippen molar-refractivity contribution in [2.24, 2.45) is 0 Å². The monoisotopic (exact) mass is 374 g/mol. The van der Waals surface area contributed by atoms with Gasteiger partial charge in [-0.3, -0.25) is 4.79 Å². The van der Waals surface area contributed by atoms with Crippen LogP contribution in [0.4, 0.5) is 10.5 Å². The molecule has 0 spiro atoms. The van der Waals surface area contributed by atoms with Gasteiger partial charge >= 0.3 is 6.09 Å². The van der Waals surface area contributed by atoms with Crippen LogP contribution in [0.25, 0.3) is 11.1 Å². The quantitative estimate of drug-likeness (QED) is 0.662. The molecule has 0 aliphatic rings. The molecule has 0 aliphatic heterocycles. The maximum absolute atomic E-state index is 12.3. The van der Waals surface area contributed by atoms with Crippen molar-refractivity contribution < 1.29 is 14.3 Å². The average Bonchev–Trinajstić information content (AvgIpc) is 2.74. The van der Waals surface area contributed by atoms with E-state index in [1.165, 1.54) is 0 Å². The lowest BCUT2D eigenvalue weighted by molar-refractivity contribution is -0.117. The number of carbonyl (C=O) groups is 2. The summed E-state index contributed by atoms with van der Waals surface area (Å²) in [5.41, 5.74) is 3.72. The van der Waals surface area contributed by atoms with E-state index in [9.17, 15) is 9.59 Å². The highest BCUT2D eigenvalue weighted by atomic mass is 16.5. The van der Waals surface area contributed by atoms with Crippen LogP contribution in [0.5, 0.6) is 0 Å². The summed E-state index contributed by atoms with van der Waals surface area (Å²) >= 11 is 0. The highest BCUT2D eigenvalue weighted by molar-refractivity contribution is 5.96. The topological polar surface area (TPSA) is 67.4 Å². The van der Waals surface area contributed by atoms with Crippen molar-refractivity contribution >= 4 is 17.7 Å². The third-order valence-electron chi connectivity index (χ3n) is 4.20. The largest absolute Gasteiger partial charge is 0.445 e. The van der Waals surface area contributed by atoms with Crippen molar-refractivity contribution in [3.05, 3.63) is 90.5 Å². The second kappa shape index (κ2) is 9.37. The molecule has 0 heterocycles. The van der Waals surface area contributed by atoms with Gasteiger partial charge in [0.25, 0.3) is 0 Å². The number of benzene rings is 3. The summed E-state index contributed by atoms with van der Waals surface area (Å²) in [5.74, 6) is -0.316. The molecule has 0 saturated carbocycles. The third-order valence-corrected chi connectivity index (χ3v) is 4.20. The Morgan fingerprint density at radius 2 is 1.39 bits per heavy atom. The maximum Gasteiger partial charge on any atom is 0.408 e. The SMILES string of the molecule is C[C@H](NC(=O)OCc1ccccc1)C(=O)Nc1ccc(-c2ccccc2)cc1. The molecule has 142 valence electrons. The summed E-state index contributed by atoms with van der Waals surface area (Å²) in [5, 5.41) is 5.32. The van der Waals surface area contributed by atoms with Crippen molar-refractivity contribution in [2.75, 3.05) is 5.32 Å². The van der Waals surface area contributed by atoms with Crippen LogP contribution >= 0.6 is 0 Å². The Bertz CT molecular complexity index is 910. The lowest BCUT2D eigenvalue weighted by Gasteiger charge is -2.14. The van der Waals surface area contributed by atoms with Gasteiger partial charge in [0.15, 0.2) is 0 Å². The number of anilines is 1. The van der Waals surface area contributed by atoms with Gasteiger partial charge in [-0.2, -0.15) is 0 Å². The fraction of sp³-hybridized carbons (Fsp3) is 0.130. The number of hydrogen-bond acceptors (Lipinski definition) is 3. The fourth-order valence-corrected chi connectivity index (χ4v) is 2.63. The summed E-state index contributed by atoms with van der Waals surface area (Å²) in [7, 11) is 0. The van der Waals surface area contributed by atoms with Gasteiger partial charge in [-0.15, -0.1) is 0 Å². The number of rotatable bonds is 6. The highest BCUT2D eigenvalue weighted by Crippen LogP contribution is 2.21. The van der Waals surface area contributed by atoms with Crippen LogP contribution in [0, 0.1) is 0 Å². The summed E-state index contributed by atoms with van der Waals surface area (Å²) in [6.45, 7) is 1.76. The van der Waals surface area contributed by atoms with Crippen molar-refractivity contribution in [1.82, 2.24) is 5.32 Å². The van der Waals surface area contributed by atoms with Crippen LogP contribution < -0.4 is 10.6 Å². The molecule has 0 aromatic heterocycles. The first-order valence-electron chi connectivity index (χ1n) is 9.05. The molecule has 0 unspecified atom stereocenters. The molecule has 28 heavy (non-hydrogen) atoms. The van der Waals surface area contributed by atoms with E-state index in [0.29, 0.717) is 5.69 Å². The van der Waals surface area contributed by atoms with E-state index in [4.69, 9.17) is 4.74 Å². The molecule has 0 radical (unpaired) electrons. The first-order chi connectivity index (χ1) is 13.6. The van der Waals surface area contributed by atoms with E-state index in [-0.39, 0.29) is 12.5 Å². The number of nitrogens with one attached hydrogen (secondary N) is 2. The average molecular weight is 374 g/mol. The molecule has 0 saturated heterocycles. The summed E-state index contributed by atoms with van der Waals surface area (Å²) < 4.78 is 5.13. The van der Waals surface area contributed by atoms with Crippen LogP contribution in [0.1, 0.15) is 12.5 Å². The van der Waals surface area contributed by atoms with E-state index < -0.39 is 12.1 Å². The summed E-state index contributed by atoms with van der Waals surface area (Å²) in [4.78, 5) is 24.2. The van der Waals surface area contributed by atoms with Gasteiger partial charge in [0.1, 0.15) is 12.6 Å². The van der Waals surface area contributed by atoms with Gasteiger partial charge < -0.3 is 15.4 Å². The van der Waals surface area contributed by atoms with Gasteiger partial charge in [0.05, 0.1) is 0 Å². The van der Waals surface area contributed by atoms with Gasteiger partial charge in [0, 0.05) is 5.69 Å². The minimum Gasteiger partial charge on any atom is -0.445 e. The zero-order valence-corrected chi connectivity index (χ0v) is 15.6. The molecule has 3 aromatic rings. The van der Waals surface area contributed by atoms with Gasteiger partial charge in [-0.1, -0.05) is 72.8 Å². The van der Waals surface area contributed by atoms with Crippen LogP contribution in [-0.4, -0.2) is 18.0 Å². The Morgan fingerprint density at radius 3 is 2.04 bits per heavy atom. The molecule has 0 bridgehead atoms. The minimum atomic E-state index is -0.725. The highest BCUT2D eigenvalue weighted by Gasteiger charge is 2.16. The Hall–Kier alpha value is -3.60. The molecule has 5 heteroatoms. The van der Waals surface area contributed by atoms with Crippen LogP contribution in [-0.2, 0) is 16.1 Å². The molecule has 3 aromatic carbocycles. The van der Waals surface area contributed by atoms with Crippen LogP contribution in [0.3, 0.4) is 0 Å². The van der Waals surface area contributed by atoms with Gasteiger partial charge in [0.2, 0.25) is 5.91 Å². The Labute approximate surface area is 164 Å². The summed E-state index contributed by atoms with van der Waals surface area (Å²) in [6.07, 6.45) is -0.633. The Balaban J connectivity index is 1.49. The maximum atomic E-state index is 12.3. The summed E-state index contributed by atoms with van der Waals surface area (Å²) in [6, 6.07) is 26.2. The van der Waals surface area contributed by atoms with Crippen molar-refractivity contribution in [3.63, 3.8) is 0 Å². The lowest BCUT2D eigenvalue weighted by Crippen LogP contribution is -2.41. The van der Waals surface area contributed by atoms with Crippen LogP contribution in [0.2, 0.25) is 0 Å². The van der Waals surface area contributed by atoms with E-state index in [1.54, 1.807) is 6.92 Å². The molecule has 0 fully saturated rings. The standard InChI is InChI=1S/C23H22N2O3/c1-17(24-23(27)28-16-18-8-4-2-5-9-18)22(26)25-21-14-12-20(13-15-21)19-10-6-3-7-11-19/h2-15,17H,16H2,1H3,(H,24,27)(H,25,26)/t17-/m0/s1. The Morgan fingerprint density at radius 1 is 0.821 bits per heavy atom. The zero-order chi connectivity index (χ0) is 19.8. The van der Waals surface area contributed by atoms with Gasteiger partial charge in [-0.25, -0.2) is 4.79 Å². The first kappa shape index (κ1) is 19.2. The molecule has 0 aliphatic carbocycles. The third kappa shape index (κ3) is 5.45. The minimum absolute atomic E-state index is 0.155. The number of ether oxygens (including phenoxy) is 1. The van der Waals surface area contributed by atoms with E-state index >= 15 is 0 Å². The zero-order valence-electron chi connectivity index (χ0n) is 15.6. The lowest BCUT2D eigenvalue weighted by atomic mass is 10.1. The van der Waals surface area contributed by atoms with E-state index in [0.717, 1.165) is 16.7 Å². The smallest absolute Gasteiger partial charge is 0.408 e. The Kier molecular flexibility index (Phi) is 6.41. The van der Waals surface area contributed by atoms with E-state index in [1.807, 2.05) is 84.9 Å². The predicted octanol–water partition coefficient (Wildman–Crippen LogP) is 4.61. The van der Waals surface area contributed by atoms with Crippen LogP contribution in [0.15, 0.2) is 84.9 Å². The van der Waals surface area contributed by atoms with E-state index in [2.05, 4.69) is 10.6 Å². The molecule has 5 nitrogen and oxygen atoms in total. The van der Waals surface area contributed by atoms with Gasteiger partial charge in [-0.05, 0) is 35.7 Å². The first-order valence-corrected chi connectivity index (χ1v) is 9.05. The van der Waals surface area contributed by atoms with Crippen molar-refractivity contribution in [1.29, 1.82) is 0 Å². The predicted molar refractivity (Wildman–Crippen MR) is 110 cm³/mol. The second-order valence-electron chi connectivity index (χ2n) is 6.36. The van der Waals surface area contributed by atoms with Crippen molar-refractivity contribution in [2.45, 2.75) is 19.6 Å². The molecule has 1 atom stereocenters. The number of alkyl carbamates (subject to hydrolysis) is 1. The normalized spacial score (nSPS) is 11.3. The molecule has 2 N–H and O–H groups in total. The fourth-order valence-electron chi connectivity index (χ4n) is 2.63. The molecular formula is C23H22N2O3. The molecule has 2 amide bonds. The number of hydrogen-bond donors (Lipinski definition) is 2. The van der Waals surface area contributed by atoms with Crippen molar-refractivity contribution in [3.8, 4) is 11.1 Å². The number of amides is 2. The number of carbonyl (C=O) groups excluding carboxylic acids is 2.